The Hall–Kier alpha value is -3.12. The molecule has 2 aromatic carbocycles. The predicted octanol–water partition coefficient (Wildman–Crippen LogP) is 3.41. The van der Waals surface area contributed by atoms with Crippen LogP contribution in [0.3, 0.4) is 0 Å². The minimum atomic E-state index is -0.557. The fourth-order valence-electron chi connectivity index (χ4n) is 4.96. The average molecular weight is 420 g/mol. The molecule has 1 unspecified atom stereocenters. The maximum Gasteiger partial charge on any atom is 0.267 e. The van der Waals surface area contributed by atoms with Gasteiger partial charge in [-0.3, -0.25) is 14.8 Å². The van der Waals surface area contributed by atoms with Crippen molar-refractivity contribution in [3.63, 3.8) is 0 Å². The van der Waals surface area contributed by atoms with Crippen LogP contribution in [0.2, 0.25) is 0 Å². The van der Waals surface area contributed by atoms with E-state index < -0.39 is 5.91 Å². The van der Waals surface area contributed by atoms with E-state index >= 15 is 0 Å². The van der Waals surface area contributed by atoms with Crippen LogP contribution in [-0.2, 0) is 16.0 Å². The smallest absolute Gasteiger partial charge is 0.267 e. The summed E-state index contributed by atoms with van der Waals surface area (Å²) in [4.78, 5) is 29.0. The summed E-state index contributed by atoms with van der Waals surface area (Å²) in [5.41, 5.74) is 4.68. The molecule has 0 aromatic heterocycles. The van der Waals surface area contributed by atoms with E-state index in [1.54, 1.807) is 11.6 Å². The fourth-order valence-corrected chi connectivity index (χ4v) is 4.96. The molecule has 2 saturated heterocycles. The highest BCUT2D eigenvalue weighted by Gasteiger charge is 2.48. The molecule has 0 bridgehead atoms. The van der Waals surface area contributed by atoms with E-state index in [4.69, 9.17) is 5.21 Å². The summed E-state index contributed by atoms with van der Waals surface area (Å²) < 4.78 is 0. The number of carbonyl (C=O) groups is 2. The number of nitrogens with zero attached hydrogens (tertiary/aromatic N) is 2. The lowest BCUT2D eigenvalue weighted by Gasteiger charge is -2.35. The Morgan fingerprint density at radius 3 is 2.61 bits per heavy atom. The van der Waals surface area contributed by atoms with Crippen LogP contribution in [0.5, 0.6) is 0 Å². The Bertz CT molecular complexity index is 959. The van der Waals surface area contributed by atoms with E-state index in [-0.39, 0.29) is 11.4 Å². The van der Waals surface area contributed by atoms with Gasteiger partial charge in [-0.05, 0) is 49.0 Å². The van der Waals surface area contributed by atoms with Gasteiger partial charge in [0.2, 0.25) is 5.91 Å². The Kier molecular flexibility index (Phi) is 6.37. The molecule has 2 aliphatic rings. The van der Waals surface area contributed by atoms with Gasteiger partial charge in [-0.2, -0.15) is 0 Å². The highest BCUT2D eigenvalue weighted by Crippen LogP contribution is 2.40. The van der Waals surface area contributed by atoms with Crippen LogP contribution in [-0.4, -0.2) is 47.1 Å². The van der Waals surface area contributed by atoms with E-state index in [1.807, 2.05) is 42.5 Å². The van der Waals surface area contributed by atoms with Gasteiger partial charge in [0.25, 0.3) is 5.91 Å². The Morgan fingerprint density at radius 2 is 1.81 bits per heavy atom. The van der Waals surface area contributed by atoms with Crippen LogP contribution in [0.1, 0.15) is 36.8 Å². The molecular formula is C25H29N3O3. The summed E-state index contributed by atoms with van der Waals surface area (Å²) >= 11 is 0. The molecule has 0 radical (unpaired) electrons. The number of benzene rings is 2. The normalized spacial score (nSPS) is 20.7. The molecule has 1 atom stereocenters. The van der Waals surface area contributed by atoms with Gasteiger partial charge in [0, 0.05) is 37.8 Å². The van der Waals surface area contributed by atoms with Gasteiger partial charge in [-0.1, -0.05) is 48.5 Å². The van der Waals surface area contributed by atoms with Gasteiger partial charge < -0.3 is 9.80 Å². The van der Waals surface area contributed by atoms with E-state index in [1.165, 1.54) is 11.6 Å². The van der Waals surface area contributed by atoms with Crippen molar-refractivity contribution in [2.24, 2.45) is 0 Å². The third kappa shape index (κ3) is 4.64. The van der Waals surface area contributed by atoms with Gasteiger partial charge in [-0.25, -0.2) is 5.48 Å². The third-order valence-electron chi connectivity index (χ3n) is 6.50. The molecule has 1 spiro atoms. The molecule has 2 aliphatic heterocycles. The number of nitrogens with one attached hydrogen (secondary N) is 1. The lowest BCUT2D eigenvalue weighted by Crippen LogP contribution is -2.49. The van der Waals surface area contributed by atoms with Gasteiger partial charge >= 0.3 is 0 Å². The number of hydroxylamine groups is 1. The van der Waals surface area contributed by atoms with Crippen molar-refractivity contribution in [3.8, 4) is 0 Å². The summed E-state index contributed by atoms with van der Waals surface area (Å²) in [7, 11) is 0. The number of anilines is 1. The maximum absolute atomic E-state index is 13.1. The van der Waals surface area contributed by atoms with E-state index in [9.17, 15) is 9.59 Å². The van der Waals surface area contributed by atoms with Crippen LogP contribution in [0.4, 0.5) is 5.69 Å². The third-order valence-corrected chi connectivity index (χ3v) is 6.50. The SMILES string of the molecule is O=C(C=Cc1ccccc1N1CCC2(CCCN2C(=O)CCc2ccccc2)C1)NO. The number of aryl methyl sites for hydroxylation is 1. The van der Waals surface area contributed by atoms with Gasteiger partial charge in [0.05, 0.1) is 5.54 Å². The van der Waals surface area contributed by atoms with Crippen molar-refractivity contribution in [2.75, 3.05) is 24.5 Å². The highest BCUT2D eigenvalue weighted by molar-refractivity contribution is 5.92. The first-order chi connectivity index (χ1) is 15.1. The zero-order valence-corrected chi connectivity index (χ0v) is 17.7. The number of carbonyl (C=O) groups excluding carboxylic acids is 2. The van der Waals surface area contributed by atoms with E-state index in [0.29, 0.717) is 6.42 Å². The van der Waals surface area contributed by atoms with Crippen LogP contribution in [0, 0.1) is 0 Å². The molecule has 0 saturated carbocycles. The lowest BCUT2D eigenvalue weighted by molar-refractivity contribution is -0.134. The molecule has 4 rings (SSSR count). The van der Waals surface area contributed by atoms with Crippen molar-refractivity contribution in [1.82, 2.24) is 10.4 Å². The van der Waals surface area contributed by atoms with E-state index in [2.05, 4.69) is 21.9 Å². The fraction of sp³-hybridized carbons (Fsp3) is 0.360. The van der Waals surface area contributed by atoms with Gasteiger partial charge in [0.1, 0.15) is 0 Å². The number of para-hydroxylation sites is 1. The number of hydrogen-bond donors (Lipinski definition) is 2. The van der Waals surface area contributed by atoms with Gasteiger partial charge in [-0.15, -0.1) is 0 Å². The molecule has 2 N–H and O–H groups in total. The zero-order valence-electron chi connectivity index (χ0n) is 17.7. The van der Waals surface area contributed by atoms with Crippen molar-refractivity contribution in [3.05, 3.63) is 71.8 Å². The summed E-state index contributed by atoms with van der Waals surface area (Å²) in [6.45, 7) is 2.51. The highest BCUT2D eigenvalue weighted by atomic mass is 16.5. The molecule has 2 heterocycles. The van der Waals surface area contributed by atoms with Crippen LogP contribution in [0.15, 0.2) is 60.7 Å². The van der Waals surface area contributed by atoms with Crippen LogP contribution in [0.25, 0.3) is 6.08 Å². The minimum absolute atomic E-state index is 0.104. The molecule has 2 amide bonds. The Labute approximate surface area is 183 Å². The number of amides is 2. The van der Waals surface area contributed by atoms with Crippen molar-refractivity contribution >= 4 is 23.6 Å². The summed E-state index contributed by atoms with van der Waals surface area (Å²) in [5, 5.41) is 8.73. The first kappa shape index (κ1) is 21.1. The number of likely N-dealkylation sites (tertiary alicyclic amines) is 1. The summed E-state index contributed by atoms with van der Waals surface area (Å²) in [6, 6.07) is 18.1. The second-order valence-electron chi connectivity index (χ2n) is 8.40. The van der Waals surface area contributed by atoms with Crippen LogP contribution >= 0.6 is 0 Å². The first-order valence-electron chi connectivity index (χ1n) is 10.9. The maximum atomic E-state index is 13.1. The van der Waals surface area contributed by atoms with Crippen molar-refractivity contribution in [2.45, 2.75) is 37.6 Å². The minimum Gasteiger partial charge on any atom is -0.369 e. The first-order valence-corrected chi connectivity index (χ1v) is 10.9. The molecule has 0 aliphatic carbocycles. The van der Waals surface area contributed by atoms with Gasteiger partial charge in [0.15, 0.2) is 0 Å². The second-order valence-corrected chi connectivity index (χ2v) is 8.40. The monoisotopic (exact) mass is 419 g/mol. The lowest BCUT2D eigenvalue weighted by atomic mass is 9.94. The molecule has 31 heavy (non-hydrogen) atoms. The number of rotatable bonds is 6. The Balaban J connectivity index is 1.46. The molecule has 6 heteroatoms. The molecule has 2 fully saturated rings. The number of hydrogen-bond acceptors (Lipinski definition) is 4. The van der Waals surface area contributed by atoms with Crippen LogP contribution < -0.4 is 10.4 Å². The van der Waals surface area contributed by atoms with E-state index in [0.717, 1.165) is 56.6 Å². The predicted molar refractivity (Wildman–Crippen MR) is 121 cm³/mol. The molecule has 6 nitrogen and oxygen atoms in total. The second kappa shape index (κ2) is 9.35. The summed E-state index contributed by atoms with van der Waals surface area (Å²) in [6.07, 6.45) is 7.38. The molecule has 2 aromatic rings. The van der Waals surface area contributed by atoms with Crippen molar-refractivity contribution < 1.29 is 14.8 Å². The largest absolute Gasteiger partial charge is 0.369 e. The van der Waals surface area contributed by atoms with Crippen molar-refractivity contribution in [1.29, 1.82) is 0 Å². The topological polar surface area (TPSA) is 72.9 Å². The zero-order chi connectivity index (χ0) is 21.7. The summed E-state index contributed by atoms with van der Waals surface area (Å²) in [5.74, 6) is -0.310. The molecule has 162 valence electrons. The Morgan fingerprint density at radius 1 is 1.03 bits per heavy atom. The molecular weight excluding hydrogens is 390 g/mol. The average Bonchev–Trinajstić information content (AvgIpc) is 3.43. The standard InChI is InChI=1S/C25H29N3O3/c29-23(26-31)13-12-21-9-4-5-10-22(21)27-18-16-25(19-27)15-6-17-28(25)24(30)14-11-20-7-2-1-3-8-20/h1-5,7-10,12-13,31H,6,11,14-19H2,(H,26,29). The quantitative estimate of drug-likeness (QED) is 0.428.